The Balaban J connectivity index is 1.55. The van der Waals surface area contributed by atoms with Gasteiger partial charge in [0, 0.05) is 17.5 Å². The SMILES string of the molecule is O=C(O)C(N1Cc2ccccc2C1=O)C12CC3CC(CC(O)(C3)C1)C2. The van der Waals surface area contributed by atoms with Crippen LogP contribution in [0.15, 0.2) is 24.3 Å². The van der Waals surface area contributed by atoms with Crippen molar-refractivity contribution in [3.05, 3.63) is 35.4 Å². The van der Waals surface area contributed by atoms with Gasteiger partial charge in [0.1, 0.15) is 6.04 Å². The van der Waals surface area contributed by atoms with E-state index in [2.05, 4.69) is 0 Å². The van der Waals surface area contributed by atoms with Gasteiger partial charge >= 0.3 is 5.97 Å². The van der Waals surface area contributed by atoms with Crippen molar-refractivity contribution in [1.29, 1.82) is 0 Å². The van der Waals surface area contributed by atoms with Crippen molar-refractivity contribution in [2.45, 2.75) is 56.7 Å². The van der Waals surface area contributed by atoms with E-state index in [-0.39, 0.29) is 5.91 Å². The van der Waals surface area contributed by atoms with E-state index in [4.69, 9.17) is 0 Å². The van der Waals surface area contributed by atoms with Crippen LogP contribution in [-0.4, -0.2) is 38.6 Å². The monoisotopic (exact) mass is 341 g/mol. The van der Waals surface area contributed by atoms with Crippen molar-refractivity contribution in [2.75, 3.05) is 0 Å². The second kappa shape index (κ2) is 4.85. The second-order valence-corrected chi connectivity index (χ2v) is 8.88. The van der Waals surface area contributed by atoms with Crippen LogP contribution in [-0.2, 0) is 11.3 Å². The van der Waals surface area contributed by atoms with Gasteiger partial charge < -0.3 is 15.1 Å². The normalized spacial score (nSPS) is 39.6. The number of aliphatic carboxylic acids is 1. The maximum Gasteiger partial charge on any atom is 0.327 e. The number of carbonyl (C=O) groups excluding carboxylic acids is 1. The molecule has 5 aliphatic rings. The van der Waals surface area contributed by atoms with Crippen molar-refractivity contribution in [3.8, 4) is 0 Å². The molecule has 132 valence electrons. The number of benzene rings is 1. The van der Waals surface area contributed by atoms with E-state index < -0.39 is 23.0 Å². The van der Waals surface area contributed by atoms with Crippen molar-refractivity contribution < 1.29 is 19.8 Å². The lowest BCUT2D eigenvalue weighted by Crippen LogP contribution is -2.64. The van der Waals surface area contributed by atoms with Gasteiger partial charge in [-0.1, -0.05) is 18.2 Å². The molecule has 1 aromatic rings. The molecule has 4 saturated carbocycles. The van der Waals surface area contributed by atoms with Crippen LogP contribution in [0.3, 0.4) is 0 Å². The summed E-state index contributed by atoms with van der Waals surface area (Å²) in [6.45, 7) is 0.363. The molecule has 2 N–H and O–H groups in total. The van der Waals surface area contributed by atoms with Crippen LogP contribution in [0.2, 0.25) is 0 Å². The van der Waals surface area contributed by atoms with Crippen molar-refractivity contribution >= 4 is 11.9 Å². The number of aliphatic hydroxyl groups is 1. The lowest BCUT2D eigenvalue weighted by Gasteiger charge is -2.62. The number of nitrogens with zero attached hydrogens (tertiary/aromatic N) is 1. The molecule has 4 fully saturated rings. The summed E-state index contributed by atoms with van der Waals surface area (Å²) in [7, 11) is 0. The zero-order chi connectivity index (χ0) is 17.4. The molecular weight excluding hydrogens is 318 g/mol. The molecule has 1 amide bonds. The number of fused-ring (bicyclic) bond motifs is 1. The second-order valence-electron chi connectivity index (χ2n) is 8.88. The van der Waals surface area contributed by atoms with Crippen LogP contribution < -0.4 is 0 Å². The molecule has 1 aliphatic heterocycles. The molecule has 0 radical (unpaired) electrons. The number of carboxylic acids is 1. The van der Waals surface area contributed by atoms with Crippen LogP contribution in [0.25, 0.3) is 0 Å². The highest BCUT2D eigenvalue weighted by Crippen LogP contribution is 2.63. The van der Waals surface area contributed by atoms with E-state index in [1.165, 1.54) is 0 Å². The highest BCUT2D eigenvalue weighted by atomic mass is 16.4. The van der Waals surface area contributed by atoms with E-state index in [0.29, 0.717) is 30.4 Å². The maximum atomic E-state index is 12.9. The fraction of sp³-hybridized carbons (Fsp3) is 0.600. The third-order valence-corrected chi connectivity index (χ3v) is 7.05. The van der Waals surface area contributed by atoms with Crippen LogP contribution >= 0.6 is 0 Å². The van der Waals surface area contributed by atoms with Gasteiger partial charge in [-0.2, -0.15) is 0 Å². The molecule has 0 aromatic heterocycles. The molecule has 5 nitrogen and oxygen atoms in total. The average molecular weight is 341 g/mol. The first-order chi connectivity index (χ1) is 11.9. The van der Waals surface area contributed by atoms with Gasteiger partial charge in [-0.25, -0.2) is 4.79 Å². The Morgan fingerprint density at radius 2 is 1.84 bits per heavy atom. The fourth-order valence-electron chi connectivity index (χ4n) is 6.82. The molecule has 0 spiro atoms. The third-order valence-electron chi connectivity index (χ3n) is 7.05. The standard InChI is InChI=1S/C20H23NO4/c22-17-15-4-2-1-3-14(15)10-21(17)16(18(23)24)19-6-12-5-13(7-19)9-20(25,8-12)11-19/h1-4,12-13,16,25H,5-11H2,(H,23,24). The minimum Gasteiger partial charge on any atom is -0.480 e. The van der Waals surface area contributed by atoms with Gasteiger partial charge in [0.25, 0.3) is 5.91 Å². The molecule has 1 heterocycles. The van der Waals surface area contributed by atoms with Crippen LogP contribution in [0.5, 0.6) is 0 Å². The lowest BCUT2D eigenvalue weighted by molar-refractivity contribution is -0.191. The largest absolute Gasteiger partial charge is 0.480 e. The highest BCUT2D eigenvalue weighted by molar-refractivity contribution is 6.00. The molecule has 4 aliphatic carbocycles. The first-order valence-electron chi connectivity index (χ1n) is 9.23. The Kier molecular flexibility index (Phi) is 2.98. The Labute approximate surface area is 146 Å². The summed E-state index contributed by atoms with van der Waals surface area (Å²) in [5.41, 5.74) is 0.315. The van der Waals surface area contributed by atoms with Gasteiger partial charge in [-0.3, -0.25) is 4.79 Å². The fourth-order valence-corrected chi connectivity index (χ4v) is 6.82. The predicted molar refractivity (Wildman–Crippen MR) is 89.8 cm³/mol. The van der Waals surface area contributed by atoms with E-state index in [1.807, 2.05) is 18.2 Å². The molecule has 1 aromatic carbocycles. The molecule has 3 unspecified atom stereocenters. The minimum atomic E-state index is -0.924. The summed E-state index contributed by atoms with van der Waals surface area (Å²) in [5, 5.41) is 21.1. The lowest BCUT2D eigenvalue weighted by atomic mass is 9.46. The van der Waals surface area contributed by atoms with Gasteiger partial charge in [-0.15, -0.1) is 0 Å². The molecular formula is C20H23NO4. The van der Waals surface area contributed by atoms with Gasteiger partial charge in [0.2, 0.25) is 0 Å². The predicted octanol–water partition coefficient (Wildman–Crippen LogP) is 2.43. The van der Waals surface area contributed by atoms with E-state index in [9.17, 15) is 19.8 Å². The summed E-state index contributed by atoms with van der Waals surface area (Å²) in [6.07, 6.45) is 4.86. The maximum absolute atomic E-state index is 12.9. The number of amides is 1. The summed E-state index contributed by atoms with van der Waals surface area (Å²) in [5.74, 6) is -0.307. The van der Waals surface area contributed by atoms with E-state index in [0.717, 1.165) is 37.7 Å². The zero-order valence-corrected chi connectivity index (χ0v) is 14.1. The van der Waals surface area contributed by atoms with E-state index in [1.54, 1.807) is 11.0 Å². The van der Waals surface area contributed by atoms with Gasteiger partial charge in [0.05, 0.1) is 5.60 Å². The number of carbonyl (C=O) groups is 2. The Morgan fingerprint density at radius 3 is 2.44 bits per heavy atom. The summed E-state index contributed by atoms with van der Waals surface area (Å²) in [6, 6.07) is 6.55. The van der Waals surface area contributed by atoms with Crippen LogP contribution in [0, 0.1) is 17.3 Å². The zero-order valence-electron chi connectivity index (χ0n) is 14.1. The smallest absolute Gasteiger partial charge is 0.327 e. The molecule has 5 heteroatoms. The topological polar surface area (TPSA) is 77.8 Å². The number of rotatable bonds is 3. The summed E-state index contributed by atoms with van der Waals surface area (Å²) >= 11 is 0. The van der Waals surface area contributed by atoms with Crippen LogP contribution in [0.4, 0.5) is 0 Å². The molecule has 3 atom stereocenters. The average Bonchev–Trinajstić information content (AvgIpc) is 2.81. The molecule has 25 heavy (non-hydrogen) atoms. The number of hydrogen-bond acceptors (Lipinski definition) is 3. The Bertz CT molecular complexity index is 759. The van der Waals surface area contributed by atoms with Crippen molar-refractivity contribution in [2.24, 2.45) is 17.3 Å². The highest BCUT2D eigenvalue weighted by Gasteiger charge is 2.63. The molecule has 6 rings (SSSR count). The molecule has 4 bridgehead atoms. The Hall–Kier alpha value is -1.88. The molecule has 0 saturated heterocycles. The Morgan fingerprint density at radius 1 is 1.16 bits per heavy atom. The first kappa shape index (κ1) is 15.4. The first-order valence-corrected chi connectivity index (χ1v) is 9.23. The minimum absolute atomic E-state index is 0.175. The van der Waals surface area contributed by atoms with Crippen molar-refractivity contribution in [1.82, 2.24) is 4.90 Å². The third kappa shape index (κ3) is 2.11. The summed E-state index contributed by atoms with van der Waals surface area (Å²) < 4.78 is 0. The van der Waals surface area contributed by atoms with Crippen molar-refractivity contribution in [3.63, 3.8) is 0 Å². The van der Waals surface area contributed by atoms with E-state index >= 15 is 0 Å². The summed E-state index contributed by atoms with van der Waals surface area (Å²) in [4.78, 5) is 26.8. The number of hydrogen-bond donors (Lipinski definition) is 2. The van der Waals surface area contributed by atoms with Crippen LogP contribution in [0.1, 0.15) is 54.4 Å². The quantitative estimate of drug-likeness (QED) is 0.885. The van der Waals surface area contributed by atoms with Gasteiger partial charge in [0.15, 0.2) is 0 Å². The van der Waals surface area contributed by atoms with Gasteiger partial charge in [-0.05, 0) is 62.0 Å². The number of carboxylic acid groups (broad SMARTS) is 1.